The Kier molecular flexibility index (Phi) is 5.63. The maximum absolute atomic E-state index is 15.5. The molecule has 176 valence electrons. The summed E-state index contributed by atoms with van der Waals surface area (Å²) in [4.78, 5) is 17.6. The Morgan fingerprint density at radius 2 is 1.62 bits per heavy atom. The lowest BCUT2D eigenvalue weighted by molar-refractivity contribution is 0.275. The van der Waals surface area contributed by atoms with Crippen molar-refractivity contribution in [1.82, 2.24) is 9.55 Å². The molecule has 0 bridgehead atoms. The average Bonchev–Trinajstić information content (AvgIpc) is 3.15. The van der Waals surface area contributed by atoms with E-state index in [0.29, 0.717) is 11.1 Å². The molecule has 0 unspecified atom stereocenters. The summed E-state index contributed by atoms with van der Waals surface area (Å²) < 4.78 is 36.8. The van der Waals surface area contributed by atoms with E-state index in [1.165, 1.54) is 4.57 Å². The molecule has 1 saturated heterocycles. The lowest BCUT2D eigenvalue weighted by Gasteiger charge is -2.38. The summed E-state index contributed by atoms with van der Waals surface area (Å²) in [6, 6.07) is 17.7. The quantitative estimate of drug-likeness (QED) is 0.407. The molecule has 1 aromatic heterocycles. The van der Waals surface area contributed by atoms with Crippen LogP contribution in [0.4, 0.5) is 14.5 Å². The Morgan fingerprint density at radius 3 is 2.29 bits per heavy atom. The molecule has 3 aromatic carbocycles. The summed E-state index contributed by atoms with van der Waals surface area (Å²) in [6.45, 7) is 6.51. The second kappa shape index (κ2) is 8.63. The molecule has 2 heterocycles. The van der Waals surface area contributed by atoms with E-state index in [0.717, 1.165) is 43.2 Å². The Hall–Kier alpha value is -3.61. The molecule has 5 nitrogen and oxygen atoms in total. The van der Waals surface area contributed by atoms with E-state index in [1.807, 2.05) is 42.5 Å². The molecule has 1 aliphatic heterocycles. The minimum absolute atomic E-state index is 0.0101. The van der Waals surface area contributed by atoms with Gasteiger partial charge in [0.25, 0.3) is 0 Å². The lowest BCUT2D eigenvalue weighted by atomic mass is 9.82. The van der Waals surface area contributed by atoms with E-state index in [2.05, 4.69) is 23.7 Å². The van der Waals surface area contributed by atoms with Gasteiger partial charge in [0.1, 0.15) is 12.1 Å². The van der Waals surface area contributed by atoms with Crippen molar-refractivity contribution in [2.75, 3.05) is 18.0 Å². The van der Waals surface area contributed by atoms with Crippen LogP contribution in [0.3, 0.4) is 0 Å². The van der Waals surface area contributed by atoms with Crippen LogP contribution in [0.1, 0.15) is 32.3 Å². The van der Waals surface area contributed by atoms with Crippen molar-refractivity contribution in [2.24, 2.45) is 5.41 Å². The number of aromatic amines is 1. The molecule has 0 spiro atoms. The summed E-state index contributed by atoms with van der Waals surface area (Å²) in [6.07, 6.45) is 2.22. The van der Waals surface area contributed by atoms with Crippen LogP contribution in [-0.4, -0.2) is 22.6 Å². The third-order valence-electron chi connectivity index (χ3n) is 6.63. The maximum Gasteiger partial charge on any atom is 0.331 e. The Bertz CT molecular complexity index is 1370. The van der Waals surface area contributed by atoms with Gasteiger partial charge in [-0.15, -0.1) is 0 Å². The first-order chi connectivity index (χ1) is 16.3. The van der Waals surface area contributed by atoms with Gasteiger partial charge in [-0.25, -0.2) is 13.6 Å². The number of anilines is 1. The van der Waals surface area contributed by atoms with Crippen molar-refractivity contribution < 1.29 is 13.5 Å². The molecule has 1 aliphatic rings. The number of rotatable bonds is 5. The number of H-pyrrole nitrogens is 1. The largest absolute Gasteiger partial charge is 0.483 e. The van der Waals surface area contributed by atoms with Gasteiger partial charge in [-0.05, 0) is 48.1 Å². The first kappa shape index (κ1) is 22.2. The van der Waals surface area contributed by atoms with Crippen molar-refractivity contribution in [3.63, 3.8) is 0 Å². The number of imidazole rings is 1. The molecule has 34 heavy (non-hydrogen) atoms. The molecule has 1 fully saturated rings. The zero-order valence-corrected chi connectivity index (χ0v) is 19.3. The fourth-order valence-electron chi connectivity index (χ4n) is 4.47. The smallest absolute Gasteiger partial charge is 0.331 e. The van der Waals surface area contributed by atoms with Crippen LogP contribution in [0, 0.1) is 17.0 Å². The van der Waals surface area contributed by atoms with Crippen LogP contribution in [0.25, 0.3) is 16.7 Å². The van der Waals surface area contributed by atoms with Crippen LogP contribution in [0.2, 0.25) is 0 Å². The molecule has 1 N–H and O–H groups in total. The van der Waals surface area contributed by atoms with Gasteiger partial charge in [0.2, 0.25) is 0 Å². The Balaban J connectivity index is 1.47. The molecule has 0 saturated carbocycles. The number of ether oxygens (including phenoxy) is 1. The van der Waals surface area contributed by atoms with Gasteiger partial charge < -0.3 is 14.6 Å². The first-order valence-electron chi connectivity index (χ1n) is 11.5. The fraction of sp³-hybridized carbons (Fsp3) is 0.296. The summed E-state index contributed by atoms with van der Waals surface area (Å²) >= 11 is 0. The SMILES string of the molecule is CC1(C)CCN(c2ccc(-n3c(=O)[nH]c4cc(F)c(OCc5ccccc5)c(F)c43)cc2)CC1. The van der Waals surface area contributed by atoms with Crippen molar-refractivity contribution in [1.29, 1.82) is 0 Å². The number of nitrogens with one attached hydrogen (secondary N) is 1. The second-order valence-corrected chi connectivity index (χ2v) is 9.61. The standard InChI is InChI=1S/C27H27F2N3O2/c1-27(2)12-14-31(15-13-27)19-8-10-20(11-9-19)32-24-22(30-26(32)33)16-21(28)25(23(24)29)34-17-18-6-4-3-5-7-18/h3-11,16H,12-15,17H2,1-2H3,(H,30,33). The zero-order chi connectivity index (χ0) is 23.9. The molecular weight excluding hydrogens is 436 g/mol. The van der Waals surface area contributed by atoms with E-state index < -0.39 is 23.1 Å². The number of benzene rings is 3. The molecule has 0 radical (unpaired) electrons. The molecule has 7 heteroatoms. The number of fused-ring (bicyclic) bond motifs is 1. The van der Waals surface area contributed by atoms with Gasteiger partial charge in [-0.1, -0.05) is 44.2 Å². The van der Waals surface area contributed by atoms with Gasteiger partial charge in [-0.3, -0.25) is 4.57 Å². The van der Waals surface area contributed by atoms with Crippen molar-refractivity contribution in [3.05, 3.63) is 88.3 Å². The normalized spacial score (nSPS) is 15.6. The van der Waals surface area contributed by atoms with E-state index >= 15 is 4.39 Å². The molecule has 0 amide bonds. The van der Waals surface area contributed by atoms with Crippen LogP contribution < -0.4 is 15.3 Å². The van der Waals surface area contributed by atoms with E-state index in [1.54, 1.807) is 12.1 Å². The minimum Gasteiger partial charge on any atom is -0.483 e. The number of halogens is 2. The third-order valence-corrected chi connectivity index (χ3v) is 6.63. The predicted molar refractivity (Wildman–Crippen MR) is 130 cm³/mol. The highest BCUT2D eigenvalue weighted by atomic mass is 19.1. The van der Waals surface area contributed by atoms with Gasteiger partial charge in [-0.2, -0.15) is 0 Å². The van der Waals surface area contributed by atoms with Crippen molar-refractivity contribution >= 4 is 16.7 Å². The number of piperidine rings is 1. The van der Waals surface area contributed by atoms with Crippen molar-refractivity contribution in [3.8, 4) is 11.4 Å². The molecule has 4 aromatic rings. The Labute approximate surface area is 196 Å². The summed E-state index contributed by atoms with van der Waals surface area (Å²) in [7, 11) is 0. The fourth-order valence-corrected chi connectivity index (χ4v) is 4.47. The number of hydrogen-bond acceptors (Lipinski definition) is 3. The topological polar surface area (TPSA) is 50.3 Å². The zero-order valence-electron chi connectivity index (χ0n) is 19.3. The highest BCUT2D eigenvalue weighted by Crippen LogP contribution is 2.33. The molecular formula is C27H27F2N3O2. The summed E-state index contributed by atoms with van der Waals surface area (Å²) in [5.41, 5.74) is 2.19. The Morgan fingerprint density at radius 1 is 0.971 bits per heavy atom. The van der Waals surface area contributed by atoms with Crippen LogP contribution in [0.15, 0.2) is 65.5 Å². The van der Waals surface area contributed by atoms with Crippen LogP contribution >= 0.6 is 0 Å². The first-order valence-corrected chi connectivity index (χ1v) is 11.5. The number of nitrogens with zero attached hydrogens (tertiary/aromatic N) is 2. The van der Waals surface area contributed by atoms with E-state index in [-0.39, 0.29) is 17.6 Å². The van der Waals surface area contributed by atoms with Crippen LogP contribution in [0.5, 0.6) is 5.75 Å². The lowest BCUT2D eigenvalue weighted by Crippen LogP contribution is -2.37. The summed E-state index contributed by atoms with van der Waals surface area (Å²) in [5, 5.41) is 0. The average molecular weight is 464 g/mol. The minimum atomic E-state index is -0.911. The number of aromatic nitrogens is 2. The maximum atomic E-state index is 15.5. The van der Waals surface area contributed by atoms with Gasteiger partial charge in [0.15, 0.2) is 17.4 Å². The number of hydrogen-bond donors (Lipinski definition) is 1. The van der Waals surface area contributed by atoms with E-state index in [4.69, 9.17) is 4.74 Å². The van der Waals surface area contributed by atoms with E-state index in [9.17, 15) is 9.18 Å². The molecule has 5 rings (SSSR count). The third kappa shape index (κ3) is 4.18. The van der Waals surface area contributed by atoms with Crippen LogP contribution in [-0.2, 0) is 6.61 Å². The monoisotopic (exact) mass is 463 g/mol. The molecule has 0 aliphatic carbocycles. The highest BCUT2D eigenvalue weighted by Gasteiger charge is 2.26. The van der Waals surface area contributed by atoms with Gasteiger partial charge in [0, 0.05) is 24.8 Å². The summed E-state index contributed by atoms with van der Waals surface area (Å²) in [5.74, 6) is -2.28. The molecule has 0 atom stereocenters. The van der Waals surface area contributed by atoms with Gasteiger partial charge in [0.05, 0.1) is 11.2 Å². The van der Waals surface area contributed by atoms with Crippen molar-refractivity contribution in [2.45, 2.75) is 33.3 Å². The second-order valence-electron chi connectivity index (χ2n) is 9.61. The van der Waals surface area contributed by atoms with Gasteiger partial charge >= 0.3 is 5.69 Å². The highest BCUT2D eigenvalue weighted by molar-refractivity contribution is 5.80. The predicted octanol–water partition coefficient (Wildman–Crippen LogP) is 5.80.